The number of halogens is 4. The molecule has 0 radical (unpaired) electrons. The van der Waals surface area contributed by atoms with Crippen molar-refractivity contribution in [3.05, 3.63) is 69.8 Å². The summed E-state index contributed by atoms with van der Waals surface area (Å²) in [4.78, 5) is 0. The highest BCUT2D eigenvalue weighted by atomic mass is 19.2. The molecule has 1 saturated carbocycles. The molecule has 0 amide bonds. The summed E-state index contributed by atoms with van der Waals surface area (Å²) in [7, 11) is 0. The molecule has 0 heterocycles. The van der Waals surface area contributed by atoms with Gasteiger partial charge in [0.2, 0.25) is 0 Å². The fourth-order valence-electron chi connectivity index (χ4n) is 4.14. The van der Waals surface area contributed by atoms with Gasteiger partial charge in [-0.15, -0.1) is 0 Å². The van der Waals surface area contributed by atoms with E-state index in [-0.39, 0.29) is 24.2 Å². The first-order valence-corrected chi connectivity index (χ1v) is 10.5. The minimum atomic E-state index is -0.845. The van der Waals surface area contributed by atoms with Crippen LogP contribution in [-0.4, -0.2) is 6.10 Å². The van der Waals surface area contributed by atoms with E-state index >= 15 is 0 Å². The Labute approximate surface area is 170 Å². The molecule has 0 N–H and O–H groups in total. The molecule has 0 bridgehead atoms. The van der Waals surface area contributed by atoms with Crippen LogP contribution in [0.5, 0.6) is 0 Å². The van der Waals surface area contributed by atoms with Gasteiger partial charge in [0.25, 0.3) is 0 Å². The maximum atomic E-state index is 14.5. The van der Waals surface area contributed by atoms with E-state index in [0.29, 0.717) is 55.2 Å². The summed E-state index contributed by atoms with van der Waals surface area (Å²) in [5.41, 5.74) is 1.42. The highest BCUT2D eigenvalue weighted by Gasteiger charge is 2.27. The summed E-state index contributed by atoms with van der Waals surface area (Å²) in [5.74, 6) is -3.15. The van der Waals surface area contributed by atoms with E-state index in [0.717, 1.165) is 6.42 Å². The van der Waals surface area contributed by atoms with E-state index in [1.807, 2.05) is 6.92 Å². The van der Waals surface area contributed by atoms with E-state index in [2.05, 4.69) is 0 Å². The van der Waals surface area contributed by atoms with Crippen molar-refractivity contribution in [2.24, 2.45) is 0 Å². The van der Waals surface area contributed by atoms with Crippen molar-refractivity contribution in [1.29, 1.82) is 0 Å². The summed E-state index contributed by atoms with van der Waals surface area (Å²) < 4.78 is 62.6. The lowest BCUT2D eigenvalue weighted by Crippen LogP contribution is -2.22. The molecule has 0 unspecified atom stereocenters. The lowest BCUT2D eigenvalue weighted by molar-refractivity contribution is 0.0116. The minimum absolute atomic E-state index is 0.0107. The van der Waals surface area contributed by atoms with Gasteiger partial charge in [-0.1, -0.05) is 44.5 Å². The van der Waals surface area contributed by atoms with Crippen molar-refractivity contribution in [3.63, 3.8) is 0 Å². The lowest BCUT2D eigenvalue weighted by atomic mass is 9.82. The summed E-state index contributed by atoms with van der Waals surface area (Å²) in [6.45, 7) is 3.72. The Kier molecular flexibility index (Phi) is 7.33. The smallest absolute Gasteiger partial charge is 0.164 e. The molecular formula is C24H28F4O. The molecule has 2 aromatic rings. The third-order valence-electron chi connectivity index (χ3n) is 5.92. The van der Waals surface area contributed by atoms with Crippen LogP contribution < -0.4 is 0 Å². The number of hydrogen-bond donors (Lipinski definition) is 0. The van der Waals surface area contributed by atoms with Crippen molar-refractivity contribution in [2.45, 2.75) is 77.4 Å². The van der Waals surface area contributed by atoms with Gasteiger partial charge in [0.1, 0.15) is 0 Å². The summed E-state index contributed by atoms with van der Waals surface area (Å²) in [6, 6.07) is 6.56. The molecule has 1 fully saturated rings. The third kappa shape index (κ3) is 4.82. The molecule has 5 heteroatoms. The van der Waals surface area contributed by atoms with Gasteiger partial charge < -0.3 is 4.74 Å². The first-order chi connectivity index (χ1) is 14.0. The van der Waals surface area contributed by atoms with E-state index in [4.69, 9.17) is 4.74 Å². The molecule has 0 aliphatic heterocycles. The van der Waals surface area contributed by atoms with Gasteiger partial charge in [-0.3, -0.25) is 0 Å². The van der Waals surface area contributed by atoms with Crippen LogP contribution in [0.25, 0.3) is 0 Å². The van der Waals surface area contributed by atoms with Crippen LogP contribution in [0.3, 0.4) is 0 Å². The highest BCUT2D eigenvalue weighted by molar-refractivity contribution is 5.30. The second-order valence-corrected chi connectivity index (χ2v) is 7.84. The predicted molar refractivity (Wildman–Crippen MR) is 106 cm³/mol. The second kappa shape index (κ2) is 9.75. The summed E-state index contributed by atoms with van der Waals surface area (Å²) in [6.07, 6.45) is 4.36. The Balaban J connectivity index is 1.58. The molecule has 1 aliphatic rings. The van der Waals surface area contributed by atoms with Crippen LogP contribution in [0.4, 0.5) is 17.6 Å². The molecule has 1 aliphatic carbocycles. The van der Waals surface area contributed by atoms with Crippen molar-refractivity contribution >= 4 is 0 Å². The van der Waals surface area contributed by atoms with E-state index in [9.17, 15) is 17.6 Å². The van der Waals surface area contributed by atoms with Crippen molar-refractivity contribution in [3.8, 4) is 0 Å². The zero-order valence-electron chi connectivity index (χ0n) is 17.0. The highest BCUT2D eigenvalue weighted by Crippen LogP contribution is 2.36. The molecule has 1 nitrogen and oxygen atoms in total. The Hall–Kier alpha value is -1.88. The number of rotatable bonds is 7. The number of aryl methyl sites for hydroxylation is 2. The van der Waals surface area contributed by atoms with Crippen LogP contribution in [0.2, 0.25) is 0 Å². The number of ether oxygens (including phenoxy) is 1. The topological polar surface area (TPSA) is 9.23 Å². The second-order valence-electron chi connectivity index (χ2n) is 7.84. The van der Waals surface area contributed by atoms with Gasteiger partial charge in [-0.2, -0.15) is 0 Å². The van der Waals surface area contributed by atoms with Crippen molar-refractivity contribution in [1.82, 2.24) is 0 Å². The fourth-order valence-corrected chi connectivity index (χ4v) is 4.14. The van der Waals surface area contributed by atoms with Crippen molar-refractivity contribution in [2.75, 3.05) is 0 Å². The Morgan fingerprint density at radius 1 is 0.759 bits per heavy atom. The molecule has 29 heavy (non-hydrogen) atoms. The fraction of sp³-hybridized carbons (Fsp3) is 0.500. The third-order valence-corrected chi connectivity index (χ3v) is 5.92. The Morgan fingerprint density at radius 3 is 2.00 bits per heavy atom. The molecule has 0 spiro atoms. The van der Waals surface area contributed by atoms with Crippen LogP contribution in [0, 0.1) is 23.3 Å². The first-order valence-electron chi connectivity index (χ1n) is 10.5. The maximum Gasteiger partial charge on any atom is 0.164 e. The van der Waals surface area contributed by atoms with Crippen LogP contribution >= 0.6 is 0 Å². The zero-order chi connectivity index (χ0) is 21.0. The molecule has 3 rings (SSSR count). The zero-order valence-corrected chi connectivity index (χ0v) is 17.0. The quantitative estimate of drug-likeness (QED) is 0.448. The summed E-state index contributed by atoms with van der Waals surface area (Å²) >= 11 is 0. The average molecular weight is 408 g/mol. The van der Waals surface area contributed by atoms with Gasteiger partial charge in [0.15, 0.2) is 23.3 Å². The number of hydrogen-bond acceptors (Lipinski definition) is 1. The van der Waals surface area contributed by atoms with Crippen LogP contribution in [0.1, 0.15) is 74.1 Å². The van der Waals surface area contributed by atoms with Crippen molar-refractivity contribution < 1.29 is 22.3 Å². The SMILES string of the molecule is CCCc1ccc(C2CCC(OCc3ccc(CC)c(F)c3F)CC2)c(F)c1F. The Bertz CT molecular complexity index is 841. The van der Waals surface area contributed by atoms with Gasteiger partial charge >= 0.3 is 0 Å². The molecule has 0 saturated heterocycles. The first kappa shape index (κ1) is 21.8. The standard InChI is InChI=1S/C24H28F4O/c1-3-5-17-10-13-20(24(28)22(17)26)16-8-11-19(12-9-16)29-14-18-7-6-15(4-2)21(25)23(18)27/h6-7,10,13,16,19H,3-5,8-9,11-12,14H2,1-2H3. The predicted octanol–water partition coefficient (Wildman–Crippen LogP) is 7.00. The molecule has 0 aromatic heterocycles. The minimum Gasteiger partial charge on any atom is -0.373 e. The molecular weight excluding hydrogens is 380 g/mol. The van der Waals surface area contributed by atoms with Gasteiger partial charge in [-0.05, 0) is 61.1 Å². The average Bonchev–Trinajstić information content (AvgIpc) is 2.73. The van der Waals surface area contributed by atoms with E-state index < -0.39 is 23.3 Å². The van der Waals surface area contributed by atoms with Crippen LogP contribution in [-0.2, 0) is 24.2 Å². The molecule has 2 aromatic carbocycles. The normalized spacial score (nSPS) is 19.5. The van der Waals surface area contributed by atoms with Gasteiger partial charge in [-0.25, -0.2) is 17.6 Å². The van der Waals surface area contributed by atoms with Gasteiger partial charge in [0, 0.05) is 5.56 Å². The van der Waals surface area contributed by atoms with Gasteiger partial charge in [0.05, 0.1) is 12.7 Å². The van der Waals surface area contributed by atoms with Crippen LogP contribution in [0.15, 0.2) is 24.3 Å². The molecule has 158 valence electrons. The number of benzene rings is 2. The maximum absolute atomic E-state index is 14.5. The van der Waals surface area contributed by atoms with E-state index in [1.54, 1.807) is 31.2 Å². The summed E-state index contributed by atoms with van der Waals surface area (Å²) in [5, 5.41) is 0. The lowest BCUT2D eigenvalue weighted by Gasteiger charge is -2.29. The molecule has 0 atom stereocenters. The largest absolute Gasteiger partial charge is 0.373 e. The van der Waals surface area contributed by atoms with E-state index in [1.165, 1.54) is 0 Å². The monoisotopic (exact) mass is 408 g/mol. The Morgan fingerprint density at radius 2 is 1.34 bits per heavy atom.